The zero-order valence-corrected chi connectivity index (χ0v) is 24.9. The predicted molar refractivity (Wildman–Crippen MR) is 163 cm³/mol. The first-order chi connectivity index (χ1) is 19.6. The molecule has 0 bridgehead atoms. The lowest BCUT2D eigenvalue weighted by Crippen LogP contribution is -2.14. The molecule has 6 heteroatoms. The van der Waals surface area contributed by atoms with Crippen LogP contribution in [0.2, 0.25) is 0 Å². The number of hydrogen-bond acceptors (Lipinski definition) is 5. The summed E-state index contributed by atoms with van der Waals surface area (Å²) in [6.45, 7) is 4.35. The number of carbonyl (C=O) groups is 2. The molecule has 0 spiro atoms. The van der Waals surface area contributed by atoms with E-state index in [1.807, 2.05) is 30.3 Å². The van der Waals surface area contributed by atoms with Crippen LogP contribution in [0.5, 0.6) is 11.5 Å². The second-order valence-corrected chi connectivity index (χ2v) is 10.6. The van der Waals surface area contributed by atoms with Crippen molar-refractivity contribution in [3.63, 3.8) is 0 Å². The van der Waals surface area contributed by atoms with Crippen LogP contribution in [0.25, 0.3) is 0 Å². The molecule has 0 heterocycles. The van der Waals surface area contributed by atoms with Gasteiger partial charge in [-0.05, 0) is 12.0 Å². The number of anilines is 1. The van der Waals surface area contributed by atoms with Crippen molar-refractivity contribution in [1.29, 1.82) is 0 Å². The number of unbranched alkanes of at least 4 members (excludes halogenated alkanes) is 15. The fourth-order valence-electron chi connectivity index (χ4n) is 4.67. The molecule has 1 amide bonds. The van der Waals surface area contributed by atoms with E-state index in [1.165, 1.54) is 96.8 Å². The summed E-state index contributed by atoms with van der Waals surface area (Å²) in [6.07, 6.45) is 20.6. The molecule has 6 nitrogen and oxygen atoms in total. The van der Waals surface area contributed by atoms with Gasteiger partial charge in [0.2, 0.25) is 0 Å². The Morgan fingerprint density at radius 1 is 0.675 bits per heavy atom. The van der Waals surface area contributed by atoms with E-state index in [1.54, 1.807) is 18.2 Å². The monoisotopic (exact) mass is 553 g/mol. The van der Waals surface area contributed by atoms with Crippen molar-refractivity contribution >= 4 is 17.7 Å². The first-order valence-electron chi connectivity index (χ1n) is 15.5. The second-order valence-electron chi connectivity index (χ2n) is 10.6. The largest absolute Gasteiger partial charge is 0.493 e. The van der Waals surface area contributed by atoms with E-state index < -0.39 is 12.1 Å². The maximum Gasteiger partial charge on any atom is 0.411 e. The molecular formula is C34H51NO5. The van der Waals surface area contributed by atoms with E-state index in [0.29, 0.717) is 23.8 Å². The SMILES string of the molecule is CCCCCCCCCCCCCCCCCCOc1cc(NC(=O)OCc2ccccc2)cc(OC(C)=O)c1. The molecule has 1 N–H and O–H groups in total. The van der Waals surface area contributed by atoms with E-state index in [4.69, 9.17) is 14.2 Å². The molecule has 0 saturated carbocycles. The Hall–Kier alpha value is -3.02. The van der Waals surface area contributed by atoms with Gasteiger partial charge in [0, 0.05) is 25.1 Å². The predicted octanol–water partition coefficient (Wildman–Crippen LogP) is 10.0. The molecule has 0 unspecified atom stereocenters. The van der Waals surface area contributed by atoms with E-state index in [2.05, 4.69) is 12.2 Å². The molecular weight excluding hydrogens is 502 g/mol. The third-order valence-electron chi connectivity index (χ3n) is 6.87. The molecule has 0 aliphatic carbocycles. The molecule has 0 radical (unpaired) electrons. The molecule has 0 saturated heterocycles. The average Bonchev–Trinajstić information content (AvgIpc) is 2.93. The number of esters is 1. The molecule has 0 atom stereocenters. The Morgan fingerprint density at radius 2 is 1.20 bits per heavy atom. The number of benzene rings is 2. The summed E-state index contributed by atoms with van der Waals surface area (Å²) in [5.41, 5.74) is 1.34. The van der Waals surface area contributed by atoms with Gasteiger partial charge in [-0.2, -0.15) is 0 Å². The summed E-state index contributed by atoms with van der Waals surface area (Å²) in [5.74, 6) is 0.418. The lowest BCUT2D eigenvalue weighted by atomic mass is 10.0. The Bertz CT molecular complexity index is 947. The molecule has 40 heavy (non-hydrogen) atoms. The van der Waals surface area contributed by atoms with E-state index in [9.17, 15) is 9.59 Å². The summed E-state index contributed by atoms with van der Waals surface area (Å²) in [6, 6.07) is 14.4. The Morgan fingerprint density at radius 3 is 1.75 bits per heavy atom. The van der Waals surface area contributed by atoms with Crippen molar-refractivity contribution < 1.29 is 23.8 Å². The Labute approximate surface area is 242 Å². The molecule has 0 aliphatic heterocycles. The first-order valence-corrected chi connectivity index (χ1v) is 15.5. The van der Waals surface area contributed by atoms with Gasteiger partial charge >= 0.3 is 12.1 Å². The van der Waals surface area contributed by atoms with Crippen LogP contribution in [-0.2, 0) is 16.1 Å². The van der Waals surface area contributed by atoms with E-state index in [-0.39, 0.29) is 6.61 Å². The highest BCUT2D eigenvalue weighted by Gasteiger charge is 2.10. The number of nitrogens with one attached hydrogen (secondary N) is 1. The van der Waals surface area contributed by atoms with Crippen LogP contribution in [0.3, 0.4) is 0 Å². The van der Waals surface area contributed by atoms with Gasteiger partial charge in [0.15, 0.2) is 0 Å². The molecule has 2 aromatic rings. The molecule has 0 fully saturated rings. The zero-order chi connectivity index (χ0) is 28.7. The normalized spacial score (nSPS) is 10.8. The van der Waals surface area contributed by atoms with Gasteiger partial charge < -0.3 is 14.2 Å². The van der Waals surface area contributed by atoms with Gasteiger partial charge in [-0.3, -0.25) is 10.1 Å². The van der Waals surface area contributed by atoms with Crippen LogP contribution in [0.1, 0.15) is 122 Å². The molecule has 2 aromatic carbocycles. The fraction of sp³-hybridized carbons (Fsp3) is 0.588. The lowest BCUT2D eigenvalue weighted by molar-refractivity contribution is -0.131. The Balaban J connectivity index is 1.57. The zero-order valence-electron chi connectivity index (χ0n) is 24.9. The molecule has 222 valence electrons. The van der Waals surface area contributed by atoms with Crippen LogP contribution in [0.4, 0.5) is 10.5 Å². The minimum absolute atomic E-state index is 0.166. The summed E-state index contributed by atoms with van der Waals surface area (Å²) in [5, 5.41) is 2.69. The van der Waals surface area contributed by atoms with Crippen molar-refractivity contribution in [1.82, 2.24) is 0 Å². The third kappa shape index (κ3) is 16.8. The summed E-state index contributed by atoms with van der Waals surface area (Å²) in [7, 11) is 0. The number of hydrogen-bond donors (Lipinski definition) is 1. The van der Waals surface area contributed by atoms with Gasteiger partial charge in [0.1, 0.15) is 18.1 Å². The van der Waals surface area contributed by atoms with Crippen LogP contribution in [0, 0.1) is 0 Å². The van der Waals surface area contributed by atoms with Crippen LogP contribution in [-0.4, -0.2) is 18.7 Å². The lowest BCUT2D eigenvalue weighted by Gasteiger charge is -2.12. The van der Waals surface area contributed by atoms with Crippen LogP contribution < -0.4 is 14.8 Å². The van der Waals surface area contributed by atoms with Crippen molar-refractivity contribution in [2.45, 2.75) is 123 Å². The standard InChI is InChI=1S/C34H51NO5/c1-3-4-5-6-7-8-9-10-11-12-13-14-15-16-17-21-24-38-32-25-31(26-33(27-32)40-29(2)36)35-34(37)39-28-30-22-19-18-20-23-30/h18-20,22-23,25-27H,3-17,21,24,28H2,1-2H3,(H,35,37). The minimum Gasteiger partial charge on any atom is -0.493 e. The van der Waals surface area contributed by atoms with Gasteiger partial charge in [0.05, 0.1) is 12.3 Å². The highest BCUT2D eigenvalue weighted by atomic mass is 16.5. The molecule has 0 aliphatic rings. The van der Waals surface area contributed by atoms with Crippen molar-refractivity contribution in [2.75, 3.05) is 11.9 Å². The van der Waals surface area contributed by atoms with Crippen LogP contribution in [0.15, 0.2) is 48.5 Å². The maximum atomic E-state index is 12.3. The average molecular weight is 554 g/mol. The van der Waals surface area contributed by atoms with Crippen molar-refractivity contribution in [3.8, 4) is 11.5 Å². The first kappa shape index (κ1) is 33.2. The number of carbonyl (C=O) groups excluding carboxylic acids is 2. The topological polar surface area (TPSA) is 73.9 Å². The minimum atomic E-state index is -0.590. The van der Waals surface area contributed by atoms with Gasteiger partial charge in [-0.15, -0.1) is 0 Å². The quantitative estimate of drug-likeness (QED) is 0.0892. The number of ether oxygens (including phenoxy) is 3. The van der Waals surface area contributed by atoms with Crippen LogP contribution >= 0.6 is 0 Å². The van der Waals surface area contributed by atoms with Gasteiger partial charge in [-0.1, -0.05) is 134 Å². The second kappa shape index (κ2) is 21.8. The number of amides is 1. The van der Waals surface area contributed by atoms with Crippen molar-refractivity contribution in [2.24, 2.45) is 0 Å². The van der Waals surface area contributed by atoms with E-state index >= 15 is 0 Å². The third-order valence-corrected chi connectivity index (χ3v) is 6.87. The highest BCUT2D eigenvalue weighted by molar-refractivity contribution is 5.85. The van der Waals surface area contributed by atoms with Crippen molar-refractivity contribution in [3.05, 3.63) is 54.1 Å². The molecule has 2 rings (SSSR count). The molecule has 0 aromatic heterocycles. The highest BCUT2D eigenvalue weighted by Crippen LogP contribution is 2.27. The van der Waals surface area contributed by atoms with E-state index in [0.717, 1.165) is 18.4 Å². The summed E-state index contributed by atoms with van der Waals surface area (Å²) < 4.78 is 16.4. The summed E-state index contributed by atoms with van der Waals surface area (Å²) >= 11 is 0. The fourth-order valence-corrected chi connectivity index (χ4v) is 4.67. The Kier molecular flexibility index (Phi) is 18.1. The van der Waals surface area contributed by atoms with Gasteiger partial charge in [-0.25, -0.2) is 4.79 Å². The maximum absolute atomic E-state index is 12.3. The smallest absolute Gasteiger partial charge is 0.411 e. The van der Waals surface area contributed by atoms with Gasteiger partial charge in [0.25, 0.3) is 0 Å². The summed E-state index contributed by atoms with van der Waals surface area (Å²) in [4.78, 5) is 23.7. The number of rotatable bonds is 22.